The van der Waals surface area contributed by atoms with Crippen molar-refractivity contribution >= 4 is 17.2 Å². The normalized spacial score (nSPS) is 10.2. The van der Waals surface area contributed by atoms with Gasteiger partial charge in [0, 0.05) is 17.8 Å². The Bertz CT molecular complexity index is 703. The average molecular weight is 261 g/mol. The predicted molar refractivity (Wildman–Crippen MR) is 72.8 cm³/mol. The molecule has 0 saturated carbocycles. The quantitative estimate of drug-likeness (QED) is 0.774. The highest BCUT2D eigenvalue weighted by Crippen LogP contribution is 2.06. The van der Waals surface area contributed by atoms with Gasteiger partial charge in [0.1, 0.15) is 4.99 Å². The summed E-state index contributed by atoms with van der Waals surface area (Å²) >= 11 is 4.89. The molecule has 0 aliphatic heterocycles. The van der Waals surface area contributed by atoms with E-state index >= 15 is 0 Å². The van der Waals surface area contributed by atoms with E-state index in [1.54, 1.807) is 0 Å². The van der Waals surface area contributed by atoms with Gasteiger partial charge in [-0.2, -0.15) is 0 Å². The number of hydrogen-bond donors (Lipinski definition) is 2. The highest BCUT2D eigenvalue weighted by atomic mass is 32.1. The summed E-state index contributed by atoms with van der Waals surface area (Å²) in [6.45, 7) is 0.353. The van der Waals surface area contributed by atoms with Crippen molar-refractivity contribution in [1.29, 1.82) is 0 Å². The molecule has 0 fully saturated rings. The Morgan fingerprint density at radius 2 is 2.11 bits per heavy atom. The molecule has 92 valence electrons. The molecule has 3 N–H and O–H groups in total. The fourth-order valence-electron chi connectivity index (χ4n) is 1.59. The fourth-order valence-corrected chi connectivity index (χ4v) is 1.72. The van der Waals surface area contributed by atoms with Crippen LogP contribution < -0.4 is 17.0 Å². The Morgan fingerprint density at radius 1 is 1.33 bits per heavy atom. The van der Waals surface area contributed by atoms with Crippen LogP contribution in [-0.2, 0) is 6.54 Å². The van der Waals surface area contributed by atoms with Crippen molar-refractivity contribution in [3.05, 3.63) is 68.5 Å². The van der Waals surface area contributed by atoms with Gasteiger partial charge in [0.25, 0.3) is 5.56 Å². The van der Waals surface area contributed by atoms with Gasteiger partial charge in [0.05, 0.1) is 6.54 Å². The molecule has 0 bridgehead atoms. The predicted octanol–water partition coefficient (Wildman–Crippen LogP) is 0.219. The largest absolute Gasteiger partial charge is 0.389 e. The molecule has 1 aromatic heterocycles. The average Bonchev–Trinajstić information content (AvgIpc) is 2.33. The minimum Gasteiger partial charge on any atom is -0.389 e. The summed E-state index contributed by atoms with van der Waals surface area (Å²) in [5, 5.41) is 0. The van der Waals surface area contributed by atoms with Gasteiger partial charge < -0.3 is 5.73 Å². The molecule has 0 radical (unpaired) electrons. The molecule has 0 unspecified atom stereocenters. The van der Waals surface area contributed by atoms with Crippen LogP contribution in [0.1, 0.15) is 11.1 Å². The van der Waals surface area contributed by atoms with Crippen molar-refractivity contribution in [2.24, 2.45) is 5.73 Å². The first-order valence-corrected chi connectivity index (χ1v) is 5.65. The summed E-state index contributed by atoms with van der Waals surface area (Å²) < 4.78 is 1.40. The molecular formula is C12H11N3O2S. The molecule has 1 aromatic carbocycles. The van der Waals surface area contributed by atoms with Crippen LogP contribution in [0.25, 0.3) is 0 Å². The second kappa shape index (κ2) is 4.97. The highest BCUT2D eigenvalue weighted by molar-refractivity contribution is 7.80. The number of aromatic amines is 1. The van der Waals surface area contributed by atoms with Gasteiger partial charge in [-0.1, -0.05) is 30.4 Å². The van der Waals surface area contributed by atoms with Crippen LogP contribution in [0.4, 0.5) is 0 Å². The van der Waals surface area contributed by atoms with Crippen molar-refractivity contribution in [3.8, 4) is 0 Å². The zero-order chi connectivity index (χ0) is 13.1. The highest BCUT2D eigenvalue weighted by Gasteiger charge is 2.01. The van der Waals surface area contributed by atoms with Gasteiger partial charge in [-0.3, -0.25) is 14.3 Å². The van der Waals surface area contributed by atoms with Crippen LogP contribution in [-0.4, -0.2) is 14.5 Å². The maximum Gasteiger partial charge on any atom is 0.328 e. The summed E-state index contributed by atoms with van der Waals surface area (Å²) in [5.41, 5.74) is 6.32. The molecule has 6 heteroatoms. The molecule has 18 heavy (non-hydrogen) atoms. The van der Waals surface area contributed by atoms with E-state index in [0.29, 0.717) is 11.5 Å². The number of nitrogens with zero attached hydrogens (tertiary/aromatic N) is 1. The maximum atomic E-state index is 11.5. The van der Waals surface area contributed by atoms with Crippen LogP contribution in [0.2, 0.25) is 0 Å². The van der Waals surface area contributed by atoms with E-state index in [4.69, 9.17) is 18.0 Å². The molecule has 2 rings (SSSR count). The Labute approximate surface area is 108 Å². The second-order valence-corrected chi connectivity index (χ2v) is 4.24. The zero-order valence-electron chi connectivity index (χ0n) is 9.42. The molecule has 2 aromatic rings. The summed E-state index contributed by atoms with van der Waals surface area (Å²) in [7, 11) is 0. The van der Waals surface area contributed by atoms with Crippen LogP contribution in [0.3, 0.4) is 0 Å². The van der Waals surface area contributed by atoms with E-state index in [2.05, 4.69) is 4.98 Å². The lowest BCUT2D eigenvalue weighted by Gasteiger charge is -2.06. The third kappa shape index (κ3) is 2.72. The number of nitrogens with two attached hydrogens (primary N) is 1. The van der Waals surface area contributed by atoms with E-state index in [0.717, 1.165) is 11.1 Å². The molecule has 0 saturated heterocycles. The number of nitrogens with one attached hydrogen (secondary N) is 1. The molecule has 0 aliphatic carbocycles. The zero-order valence-corrected chi connectivity index (χ0v) is 10.2. The smallest absolute Gasteiger partial charge is 0.328 e. The van der Waals surface area contributed by atoms with Gasteiger partial charge in [-0.15, -0.1) is 0 Å². The van der Waals surface area contributed by atoms with Crippen LogP contribution in [0.15, 0.2) is 46.1 Å². The maximum absolute atomic E-state index is 11.5. The Hall–Kier alpha value is -2.21. The molecule has 5 nitrogen and oxygen atoms in total. The third-order valence-electron chi connectivity index (χ3n) is 2.46. The van der Waals surface area contributed by atoms with Crippen LogP contribution in [0, 0.1) is 0 Å². The van der Waals surface area contributed by atoms with Crippen molar-refractivity contribution in [3.63, 3.8) is 0 Å². The second-order valence-electron chi connectivity index (χ2n) is 3.80. The van der Waals surface area contributed by atoms with Gasteiger partial charge in [0.15, 0.2) is 0 Å². The van der Waals surface area contributed by atoms with Crippen LogP contribution >= 0.6 is 12.2 Å². The molecule has 0 amide bonds. The number of H-pyrrole nitrogens is 1. The Kier molecular flexibility index (Phi) is 3.38. The fraction of sp³-hybridized carbons (Fsp3) is 0.0833. The third-order valence-corrected chi connectivity index (χ3v) is 2.70. The molecule has 0 aliphatic rings. The van der Waals surface area contributed by atoms with Gasteiger partial charge in [-0.05, 0) is 11.6 Å². The van der Waals surface area contributed by atoms with Crippen molar-refractivity contribution < 1.29 is 0 Å². The topological polar surface area (TPSA) is 80.9 Å². The summed E-state index contributed by atoms with van der Waals surface area (Å²) in [5.74, 6) is 0. The van der Waals surface area contributed by atoms with Gasteiger partial charge >= 0.3 is 5.69 Å². The number of hydrogen-bond acceptors (Lipinski definition) is 3. The van der Waals surface area contributed by atoms with Crippen molar-refractivity contribution in [1.82, 2.24) is 9.55 Å². The first kappa shape index (κ1) is 12.3. The monoisotopic (exact) mass is 261 g/mol. The number of thiocarbonyl (C=S) groups is 1. The lowest BCUT2D eigenvalue weighted by molar-refractivity contribution is 0.720. The van der Waals surface area contributed by atoms with E-state index in [1.807, 2.05) is 24.3 Å². The van der Waals surface area contributed by atoms with E-state index < -0.39 is 11.2 Å². The number of benzene rings is 1. The minimum absolute atomic E-state index is 0.311. The first-order valence-electron chi connectivity index (χ1n) is 5.25. The molecule has 0 spiro atoms. The number of rotatable bonds is 3. The first-order chi connectivity index (χ1) is 8.56. The molecule has 0 atom stereocenters. The standard InChI is InChI=1S/C12H11N3O2S/c13-11(18)9-3-1-2-8(6-9)7-15-5-4-10(16)14-12(15)17/h1-6H,7H2,(H2,13,18)(H,14,16,17). The van der Waals surface area contributed by atoms with Crippen molar-refractivity contribution in [2.45, 2.75) is 6.54 Å². The van der Waals surface area contributed by atoms with Crippen molar-refractivity contribution in [2.75, 3.05) is 0 Å². The SMILES string of the molecule is NC(=S)c1cccc(Cn2ccc(=O)[nH]c2=O)c1. The van der Waals surface area contributed by atoms with Gasteiger partial charge in [0.2, 0.25) is 0 Å². The minimum atomic E-state index is -0.441. The van der Waals surface area contributed by atoms with E-state index in [-0.39, 0.29) is 0 Å². The summed E-state index contributed by atoms with van der Waals surface area (Å²) in [6, 6.07) is 8.61. The Balaban J connectivity index is 2.34. The Morgan fingerprint density at radius 3 is 2.78 bits per heavy atom. The van der Waals surface area contributed by atoms with Crippen LogP contribution in [0.5, 0.6) is 0 Å². The summed E-state index contributed by atoms with van der Waals surface area (Å²) in [4.78, 5) is 25.0. The van der Waals surface area contributed by atoms with Gasteiger partial charge in [-0.25, -0.2) is 4.79 Å². The summed E-state index contributed by atoms with van der Waals surface area (Å²) in [6.07, 6.45) is 1.45. The lowest BCUT2D eigenvalue weighted by Crippen LogP contribution is -2.28. The molecular weight excluding hydrogens is 250 g/mol. The van der Waals surface area contributed by atoms with E-state index in [1.165, 1.54) is 16.8 Å². The van der Waals surface area contributed by atoms with E-state index in [9.17, 15) is 9.59 Å². The number of aromatic nitrogens is 2. The lowest BCUT2D eigenvalue weighted by atomic mass is 10.1. The molecule has 1 heterocycles.